The van der Waals surface area contributed by atoms with Crippen molar-refractivity contribution >= 4 is 53.9 Å². The molecule has 0 aliphatic carbocycles. The molecule has 0 aromatic heterocycles. The number of aryl methyl sites for hydroxylation is 2. The van der Waals surface area contributed by atoms with Gasteiger partial charge in [-0.15, -0.1) is 0 Å². The van der Waals surface area contributed by atoms with Gasteiger partial charge in [-0.3, -0.25) is 0 Å². The van der Waals surface area contributed by atoms with Crippen molar-refractivity contribution in [1.82, 2.24) is 0 Å². The molecule has 8 aromatic carbocycles. The Bertz CT molecular complexity index is 1950. The summed E-state index contributed by atoms with van der Waals surface area (Å²) < 4.78 is 0. The van der Waals surface area contributed by atoms with E-state index in [1.54, 1.807) is 0 Å². The van der Waals surface area contributed by atoms with Gasteiger partial charge in [-0.05, 0) is 137 Å². The summed E-state index contributed by atoms with van der Waals surface area (Å²) >= 11 is 0. The van der Waals surface area contributed by atoms with Gasteiger partial charge in [0.15, 0.2) is 0 Å². The van der Waals surface area contributed by atoms with Gasteiger partial charge in [0, 0.05) is 0 Å². The molecule has 36 heavy (non-hydrogen) atoms. The summed E-state index contributed by atoms with van der Waals surface area (Å²) in [7, 11) is 0. The normalized spacial score (nSPS) is 12.2. The van der Waals surface area contributed by atoms with Crippen molar-refractivity contribution in [2.45, 2.75) is 13.8 Å². The Labute approximate surface area is 210 Å². The van der Waals surface area contributed by atoms with Crippen molar-refractivity contribution in [3.05, 3.63) is 120 Å². The molecule has 0 fully saturated rings. The van der Waals surface area contributed by atoms with Crippen molar-refractivity contribution < 1.29 is 0 Å². The van der Waals surface area contributed by atoms with E-state index in [0.29, 0.717) is 0 Å². The first-order valence-electron chi connectivity index (χ1n) is 12.7. The van der Waals surface area contributed by atoms with Crippen LogP contribution in [0.2, 0.25) is 0 Å². The second-order valence-electron chi connectivity index (χ2n) is 10.3. The molecule has 0 spiro atoms. The minimum atomic E-state index is 1.29. The molecule has 0 heterocycles. The van der Waals surface area contributed by atoms with E-state index in [1.807, 2.05) is 0 Å². The van der Waals surface area contributed by atoms with Crippen molar-refractivity contribution in [3.8, 4) is 22.3 Å². The van der Waals surface area contributed by atoms with E-state index in [9.17, 15) is 0 Å². The van der Waals surface area contributed by atoms with Crippen LogP contribution in [0.1, 0.15) is 11.1 Å². The third kappa shape index (κ3) is 2.64. The molecule has 0 radical (unpaired) electrons. The second-order valence-corrected chi connectivity index (χ2v) is 10.3. The SMILES string of the molecule is Cc1ccccc1-c1cc2ccc3cc4cc(-c5ccccc5C)cc5ccc6cc(c1)c2c3c6c54. The highest BCUT2D eigenvalue weighted by molar-refractivity contribution is 6.36. The molecule has 0 saturated carbocycles. The summed E-state index contributed by atoms with van der Waals surface area (Å²) in [6, 6.07) is 41.0. The highest BCUT2D eigenvalue weighted by Gasteiger charge is 2.17. The first-order valence-corrected chi connectivity index (χ1v) is 12.7. The Hall–Kier alpha value is -4.42. The number of hydrogen-bond acceptors (Lipinski definition) is 0. The van der Waals surface area contributed by atoms with E-state index in [1.165, 1.54) is 87.2 Å². The van der Waals surface area contributed by atoms with Gasteiger partial charge in [0.1, 0.15) is 0 Å². The topological polar surface area (TPSA) is 0 Å². The van der Waals surface area contributed by atoms with Crippen LogP contribution in [0.5, 0.6) is 0 Å². The minimum Gasteiger partial charge on any atom is -0.0620 e. The highest BCUT2D eigenvalue weighted by Crippen LogP contribution is 2.45. The molecule has 0 amide bonds. The molecule has 0 aliphatic rings. The number of hydrogen-bond donors (Lipinski definition) is 0. The molecule has 0 aliphatic heterocycles. The van der Waals surface area contributed by atoms with Gasteiger partial charge in [0.05, 0.1) is 0 Å². The van der Waals surface area contributed by atoms with Crippen molar-refractivity contribution in [2.75, 3.05) is 0 Å². The average molecular weight is 457 g/mol. The molecule has 0 saturated heterocycles. The number of rotatable bonds is 2. The molecule has 8 aromatic rings. The predicted molar refractivity (Wildman–Crippen MR) is 157 cm³/mol. The summed E-state index contributed by atoms with van der Waals surface area (Å²) in [4.78, 5) is 0. The first kappa shape index (κ1) is 19.8. The van der Waals surface area contributed by atoms with Crippen LogP contribution >= 0.6 is 0 Å². The maximum Gasteiger partial charge on any atom is -0.00141 e. The van der Waals surface area contributed by atoms with Crippen LogP contribution in [0.25, 0.3) is 76.1 Å². The third-order valence-electron chi connectivity index (χ3n) is 8.15. The Morgan fingerprint density at radius 3 is 1.11 bits per heavy atom. The van der Waals surface area contributed by atoms with Gasteiger partial charge in [-0.25, -0.2) is 0 Å². The molecule has 0 nitrogen and oxygen atoms in total. The van der Waals surface area contributed by atoms with E-state index in [2.05, 4.69) is 123 Å². The summed E-state index contributed by atoms with van der Waals surface area (Å²) in [5, 5.41) is 13.5. The van der Waals surface area contributed by atoms with E-state index >= 15 is 0 Å². The van der Waals surface area contributed by atoms with Gasteiger partial charge >= 0.3 is 0 Å². The van der Waals surface area contributed by atoms with Gasteiger partial charge in [0.2, 0.25) is 0 Å². The Morgan fingerprint density at radius 1 is 0.333 bits per heavy atom. The van der Waals surface area contributed by atoms with Crippen LogP contribution in [-0.4, -0.2) is 0 Å². The van der Waals surface area contributed by atoms with Gasteiger partial charge in [0.25, 0.3) is 0 Å². The average Bonchev–Trinajstić information content (AvgIpc) is 2.90. The minimum absolute atomic E-state index is 1.29. The second kappa shape index (κ2) is 7.06. The lowest BCUT2D eigenvalue weighted by molar-refractivity contribution is 1.47. The van der Waals surface area contributed by atoms with Crippen molar-refractivity contribution in [2.24, 2.45) is 0 Å². The summed E-state index contributed by atoms with van der Waals surface area (Å²) in [6.07, 6.45) is 0. The van der Waals surface area contributed by atoms with E-state index in [0.717, 1.165) is 0 Å². The summed E-state index contributed by atoms with van der Waals surface area (Å²) in [5.74, 6) is 0. The number of benzene rings is 8. The standard InChI is InChI=1S/C36H24/c1-21-7-3-5-9-31(21)27-15-23-11-13-26-18-30-20-28(32-10-6-4-8-22(32)2)16-24-12-14-25-17-29(19-27)33(23)35(26)36(25)34(24)30/h3-20H,1-2H3. The van der Waals surface area contributed by atoms with Crippen LogP contribution < -0.4 is 0 Å². The van der Waals surface area contributed by atoms with Crippen LogP contribution in [0.3, 0.4) is 0 Å². The van der Waals surface area contributed by atoms with Crippen LogP contribution in [-0.2, 0) is 0 Å². The lowest BCUT2D eigenvalue weighted by Gasteiger charge is -2.19. The molecule has 0 heteroatoms. The lowest BCUT2D eigenvalue weighted by Crippen LogP contribution is -1.92. The Balaban J connectivity index is 1.49. The molecule has 0 unspecified atom stereocenters. The molecule has 0 N–H and O–H groups in total. The van der Waals surface area contributed by atoms with E-state index in [-0.39, 0.29) is 0 Å². The highest BCUT2D eigenvalue weighted by atomic mass is 14.2. The fourth-order valence-corrected chi connectivity index (χ4v) is 6.48. The van der Waals surface area contributed by atoms with Crippen molar-refractivity contribution in [3.63, 3.8) is 0 Å². The monoisotopic (exact) mass is 456 g/mol. The summed E-state index contributed by atoms with van der Waals surface area (Å²) in [5.41, 5.74) is 7.82. The lowest BCUT2D eigenvalue weighted by atomic mass is 9.84. The zero-order valence-electron chi connectivity index (χ0n) is 20.4. The van der Waals surface area contributed by atoms with E-state index in [4.69, 9.17) is 0 Å². The largest absolute Gasteiger partial charge is 0.0620 e. The van der Waals surface area contributed by atoms with Gasteiger partial charge < -0.3 is 0 Å². The molecule has 0 bridgehead atoms. The van der Waals surface area contributed by atoms with E-state index < -0.39 is 0 Å². The summed E-state index contributed by atoms with van der Waals surface area (Å²) in [6.45, 7) is 4.40. The molecule has 0 atom stereocenters. The third-order valence-corrected chi connectivity index (χ3v) is 8.15. The Kier molecular flexibility index (Phi) is 3.89. The molecule has 168 valence electrons. The molecular formula is C36H24. The smallest absolute Gasteiger partial charge is 0.00141 e. The zero-order valence-corrected chi connectivity index (χ0v) is 20.4. The quantitative estimate of drug-likeness (QED) is 0.179. The maximum atomic E-state index is 2.40. The van der Waals surface area contributed by atoms with Crippen LogP contribution in [0, 0.1) is 13.8 Å². The zero-order chi connectivity index (χ0) is 24.0. The maximum absolute atomic E-state index is 2.40. The van der Waals surface area contributed by atoms with Crippen molar-refractivity contribution in [1.29, 1.82) is 0 Å². The molecular weight excluding hydrogens is 432 g/mol. The van der Waals surface area contributed by atoms with Gasteiger partial charge in [-0.1, -0.05) is 72.8 Å². The fourth-order valence-electron chi connectivity index (χ4n) is 6.48. The van der Waals surface area contributed by atoms with Gasteiger partial charge in [-0.2, -0.15) is 0 Å². The van der Waals surface area contributed by atoms with Crippen LogP contribution in [0.15, 0.2) is 109 Å². The molecule has 8 rings (SSSR count). The predicted octanol–water partition coefficient (Wildman–Crippen LogP) is 10.3. The fraction of sp³-hybridized carbons (Fsp3) is 0.0556. The Morgan fingerprint density at radius 2 is 0.694 bits per heavy atom. The van der Waals surface area contributed by atoms with Crippen LogP contribution in [0.4, 0.5) is 0 Å². The first-order chi connectivity index (χ1) is 17.7.